The molecule has 1 aromatic heterocycles. The molecule has 2 rings (SSSR count). The number of nitrogens with two attached hydrogens (primary N) is 1. The predicted octanol–water partition coefficient (Wildman–Crippen LogP) is 2.81. The fourth-order valence-corrected chi connectivity index (χ4v) is 2.06. The Labute approximate surface area is 110 Å². The lowest BCUT2D eigenvalue weighted by Gasteiger charge is -2.04. The number of carbonyl (C=O) groups excluding carboxylic acids is 1. The number of carbonyl (C=O) groups is 1. The van der Waals surface area contributed by atoms with Crippen molar-refractivity contribution in [2.45, 2.75) is 11.3 Å². The lowest BCUT2D eigenvalue weighted by molar-refractivity contribution is 0.0993. The molecule has 0 amide bonds. The molecule has 4 heteroatoms. The number of rotatable bonds is 4. The average Bonchev–Trinajstić information content (AvgIpc) is 2.41. The summed E-state index contributed by atoms with van der Waals surface area (Å²) in [5, 5.41) is 0. The highest BCUT2D eigenvalue weighted by molar-refractivity contribution is 7.98. The summed E-state index contributed by atoms with van der Waals surface area (Å²) >= 11 is 1.65. The fourth-order valence-electron chi connectivity index (χ4n) is 1.65. The van der Waals surface area contributed by atoms with E-state index in [-0.39, 0.29) is 12.2 Å². The van der Waals surface area contributed by atoms with E-state index >= 15 is 0 Å². The Hall–Kier alpha value is -1.81. The third-order valence-corrected chi connectivity index (χ3v) is 3.43. The second kappa shape index (κ2) is 5.69. The van der Waals surface area contributed by atoms with Crippen molar-refractivity contribution in [1.82, 2.24) is 4.98 Å². The number of nitrogen functional groups attached to an aromatic ring is 1. The van der Waals surface area contributed by atoms with Gasteiger partial charge in [-0.2, -0.15) is 0 Å². The van der Waals surface area contributed by atoms with Crippen molar-refractivity contribution in [2.24, 2.45) is 0 Å². The van der Waals surface area contributed by atoms with Crippen LogP contribution in [0.2, 0.25) is 0 Å². The maximum Gasteiger partial charge on any atom is 0.167 e. The van der Waals surface area contributed by atoms with Gasteiger partial charge in [0.25, 0.3) is 0 Å². The van der Waals surface area contributed by atoms with Gasteiger partial charge in [0.1, 0.15) is 5.82 Å². The monoisotopic (exact) mass is 258 g/mol. The first-order chi connectivity index (χ1) is 8.70. The molecule has 0 unspecified atom stereocenters. The molecule has 0 aliphatic heterocycles. The van der Waals surface area contributed by atoms with Crippen LogP contribution >= 0.6 is 11.8 Å². The summed E-state index contributed by atoms with van der Waals surface area (Å²) in [6, 6.07) is 11.2. The number of Topliss-reactive ketones (excluding diaryl/α,β-unsaturated/α-hetero) is 1. The minimum Gasteiger partial charge on any atom is -0.383 e. The maximum atomic E-state index is 12.1. The summed E-state index contributed by atoms with van der Waals surface area (Å²) in [6.07, 6.45) is 3.92. The molecule has 0 fully saturated rings. The minimum absolute atomic E-state index is 0.0577. The Bertz CT molecular complexity index is 552. The highest BCUT2D eigenvalue weighted by atomic mass is 32.2. The van der Waals surface area contributed by atoms with Gasteiger partial charge in [-0.05, 0) is 24.5 Å². The molecule has 0 atom stereocenters. The maximum absolute atomic E-state index is 12.1. The Morgan fingerprint density at radius 3 is 2.61 bits per heavy atom. The van der Waals surface area contributed by atoms with Gasteiger partial charge < -0.3 is 5.73 Å². The Balaban J connectivity index is 2.14. The third kappa shape index (κ3) is 2.90. The van der Waals surface area contributed by atoms with Gasteiger partial charge in [0.2, 0.25) is 0 Å². The Morgan fingerprint density at radius 2 is 2.00 bits per heavy atom. The van der Waals surface area contributed by atoms with Crippen LogP contribution in [0, 0.1) is 0 Å². The van der Waals surface area contributed by atoms with Crippen LogP contribution in [0.4, 0.5) is 5.82 Å². The van der Waals surface area contributed by atoms with Crippen molar-refractivity contribution in [2.75, 3.05) is 12.0 Å². The van der Waals surface area contributed by atoms with Crippen molar-refractivity contribution >= 4 is 23.4 Å². The van der Waals surface area contributed by atoms with Crippen LogP contribution in [0.5, 0.6) is 0 Å². The van der Waals surface area contributed by atoms with Gasteiger partial charge in [-0.1, -0.05) is 18.2 Å². The van der Waals surface area contributed by atoms with Gasteiger partial charge >= 0.3 is 0 Å². The van der Waals surface area contributed by atoms with Crippen LogP contribution in [-0.2, 0) is 6.42 Å². The van der Waals surface area contributed by atoms with Crippen molar-refractivity contribution in [3.05, 3.63) is 53.7 Å². The third-order valence-electron chi connectivity index (χ3n) is 2.69. The molecule has 92 valence electrons. The summed E-state index contributed by atoms with van der Waals surface area (Å²) in [4.78, 5) is 17.2. The molecule has 18 heavy (non-hydrogen) atoms. The molecule has 2 aromatic rings. The molecular weight excluding hydrogens is 244 g/mol. The van der Waals surface area contributed by atoms with Crippen LogP contribution in [0.15, 0.2) is 47.5 Å². The number of anilines is 1. The first kappa shape index (κ1) is 12.6. The van der Waals surface area contributed by atoms with E-state index in [9.17, 15) is 4.79 Å². The summed E-state index contributed by atoms with van der Waals surface area (Å²) in [6.45, 7) is 0. The highest BCUT2D eigenvalue weighted by Gasteiger charge is 2.09. The molecule has 0 bridgehead atoms. The van der Waals surface area contributed by atoms with Crippen molar-refractivity contribution in [3.63, 3.8) is 0 Å². The molecule has 0 saturated heterocycles. The van der Waals surface area contributed by atoms with Crippen molar-refractivity contribution in [1.29, 1.82) is 0 Å². The van der Waals surface area contributed by atoms with E-state index in [4.69, 9.17) is 5.73 Å². The van der Waals surface area contributed by atoms with Crippen LogP contribution in [0.3, 0.4) is 0 Å². The molecule has 0 saturated carbocycles. The number of ketones is 1. The molecule has 0 aliphatic carbocycles. The number of hydrogen-bond acceptors (Lipinski definition) is 4. The average molecular weight is 258 g/mol. The molecule has 0 radical (unpaired) electrons. The van der Waals surface area contributed by atoms with Crippen LogP contribution < -0.4 is 5.73 Å². The number of nitrogens with zero attached hydrogens (tertiary/aromatic N) is 1. The molecule has 1 aromatic carbocycles. The van der Waals surface area contributed by atoms with Gasteiger partial charge in [0.05, 0.1) is 0 Å². The number of aromatic nitrogens is 1. The largest absolute Gasteiger partial charge is 0.383 e. The fraction of sp³-hybridized carbons (Fsp3) is 0.143. The van der Waals surface area contributed by atoms with Gasteiger partial charge in [-0.15, -0.1) is 11.8 Å². The zero-order chi connectivity index (χ0) is 13.0. The normalized spacial score (nSPS) is 10.3. The number of benzene rings is 1. The van der Waals surface area contributed by atoms with Crippen molar-refractivity contribution < 1.29 is 4.79 Å². The van der Waals surface area contributed by atoms with Crippen molar-refractivity contribution in [3.8, 4) is 0 Å². The number of hydrogen-bond donors (Lipinski definition) is 1. The van der Waals surface area contributed by atoms with Gasteiger partial charge in [0.15, 0.2) is 5.78 Å². The second-order valence-corrected chi connectivity index (χ2v) is 4.76. The van der Waals surface area contributed by atoms with Crippen LogP contribution in [0.1, 0.15) is 15.9 Å². The van der Waals surface area contributed by atoms with E-state index in [2.05, 4.69) is 4.98 Å². The first-order valence-electron chi connectivity index (χ1n) is 5.57. The van der Waals surface area contributed by atoms with Crippen LogP contribution in [0.25, 0.3) is 0 Å². The minimum atomic E-state index is 0.0577. The summed E-state index contributed by atoms with van der Waals surface area (Å²) < 4.78 is 0. The van der Waals surface area contributed by atoms with E-state index in [1.807, 2.05) is 36.6 Å². The number of thioether (sulfide) groups is 1. The van der Waals surface area contributed by atoms with Gasteiger partial charge in [0, 0.05) is 28.6 Å². The molecule has 0 spiro atoms. The van der Waals surface area contributed by atoms with Gasteiger partial charge in [-0.25, -0.2) is 4.98 Å². The molecular formula is C14H14N2OS. The topological polar surface area (TPSA) is 56.0 Å². The van der Waals surface area contributed by atoms with E-state index in [1.54, 1.807) is 24.0 Å². The van der Waals surface area contributed by atoms with E-state index < -0.39 is 0 Å². The summed E-state index contributed by atoms with van der Waals surface area (Å²) in [5.41, 5.74) is 7.21. The molecule has 2 N–H and O–H groups in total. The quantitative estimate of drug-likeness (QED) is 0.676. The highest BCUT2D eigenvalue weighted by Crippen LogP contribution is 2.17. The smallest absolute Gasteiger partial charge is 0.167 e. The zero-order valence-electron chi connectivity index (χ0n) is 10.1. The second-order valence-electron chi connectivity index (χ2n) is 3.88. The molecule has 3 nitrogen and oxygen atoms in total. The van der Waals surface area contributed by atoms with E-state index in [0.29, 0.717) is 11.4 Å². The molecule has 0 aliphatic rings. The first-order valence-corrected chi connectivity index (χ1v) is 6.80. The summed E-state index contributed by atoms with van der Waals surface area (Å²) in [7, 11) is 0. The zero-order valence-corrected chi connectivity index (χ0v) is 10.9. The predicted molar refractivity (Wildman–Crippen MR) is 74.9 cm³/mol. The Morgan fingerprint density at radius 1 is 1.28 bits per heavy atom. The SMILES string of the molecule is CSc1ccc(C(=O)Cc2cccnc2N)cc1. The lowest BCUT2D eigenvalue weighted by atomic mass is 10.0. The van der Waals surface area contributed by atoms with E-state index in [1.165, 1.54) is 0 Å². The lowest BCUT2D eigenvalue weighted by Crippen LogP contribution is -2.06. The molecule has 1 heterocycles. The Kier molecular flexibility index (Phi) is 3.99. The standard InChI is InChI=1S/C14H14N2OS/c1-18-12-6-4-10(5-7-12)13(17)9-11-3-2-8-16-14(11)15/h2-8H,9H2,1H3,(H2,15,16). The van der Waals surface area contributed by atoms with Crippen LogP contribution in [-0.4, -0.2) is 17.0 Å². The van der Waals surface area contributed by atoms with E-state index in [0.717, 1.165) is 10.5 Å². The van der Waals surface area contributed by atoms with Gasteiger partial charge in [-0.3, -0.25) is 4.79 Å². The number of pyridine rings is 1. The summed E-state index contributed by atoms with van der Waals surface area (Å²) in [5.74, 6) is 0.480.